The summed E-state index contributed by atoms with van der Waals surface area (Å²) in [7, 11) is 0. The summed E-state index contributed by atoms with van der Waals surface area (Å²) in [6.45, 7) is 0. The summed E-state index contributed by atoms with van der Waals surface area (Å²) in [5, 5.41) is 4.72. The summed E-state index contributed by atoms with van der Waals surface area (Å²) in [6, 6.07) is 36.1. The van der Waals surface area contributed by atoms with Crippen molar-refractivity contribution in [3.63, 3.8) is 0 Å². The van der Waals surface area contributed by atoms with E-state index in [0.717, 1.165) is 43.8 Å². The highest BCUT2D eigenvalue weighted by Crippen LogP contribution is 2.41. The van der Waals surface area contributed by atoms with Crippen LogP contribution in [0.4, 0.5) is 0 Å². The fraction of sp³-hybridized carbons (Fsp3) is 0. The van der Waals surface area contributed by atoms with Gasteiger partial charge < -0.3 is 4.42 Å². The SMILES string of the molecule is Clc1cccc2c1oc1cc(-c3nc(-c4ccccc4)nc(-c4ccccc4)n3)c3ccccc3c12. The van der Waals surface area contributed by atoms with Crippen molar-refractivity contribution < 1.29 is 4.42 Å². The molecule has 5 aromatic carbocycles. The van der Waals surface area contributed by atoms with Crippen LogP contribution in [-0.4, -0.2) is 15.0 Å². The van der Waals surface area contributed by atoms with E-state index in [9.17, 15) is 0 Å². The molecular weight excluding hydrogens is 466 g/mol. The lowest BCUT2D eigenvalue weighted by molar-refractivity contribution is 0.669. The normalized spacial score (nSPS) is 11.5. The molecule has 0 aliphatic heterocycles. The molecule has 2 aromatic heterocycles. The molecule has 0 radical (unpaired) electrons. The van der Waals surface area contributed by atoms with Crippen molar-refractivity contribution >= 4 is 44.3 Å². The highest BCUT2D eigenvalue weighted by Gasteiger charge is 2.19. The molecule has 4 nitrogen and oxygen atoms in total. The molecule has 2 heterocycles. The fourth-order valence-electron chi connectivity index (χ4n) is 4.74. The van der Waals surface area contributed by atoms with Gasteiger partial charge in [0.05, 0.1) is 5.02 Å². The lowest BCUT2D eigenvalue weighted by Gasteiger charge is -2.11. The van der Waals surface area contributed by atoms with Gasteiger partial charge >= 0.3 is 0 Å². The second-order valence-corrected chi connectivity index (χ2v) is 9.01. The third kappa shape index (κ3) is 3.35. The molecule has 0 N–H and O–H groups in total. The maximum atomic E-state index is 6.49. The molecule has 0 unspecified atom stereocenters. The van der Waals surface area contributed by atoms with Crippen LogP contribution in [0.1, 0.15) is 0 Å². The Morgan fingerprint density at radius 1 is 0.528 bits per heavy atom. The zero-order valence-electron chi connectivity index (χ0n) is 19.0. The molecule has 36 heavy (non-hydrogen) atoms. The van der Waals surface area contributed by atoms with Gasteiger partial charge in [0.25, 0.3) is 0 Å². The van der Waals surface area contributed by atoms with E-state index in [0.29, 0.717) is 28.1 Å². The number of halogens is 1. The summed E-state index contributed by atoms with van der Waals surface area (Å²) in [6.07, 6.45) is 0. The number of furan rings is 1. The van der Waals surface area contributed by atoms with Crippen LogP contribution < -0.4 is 0 Å². The highest BCUT2D eigenvalue weighted by atomic mass is 35.5. The molecule has 5 heteroatoms. The van der Waals surface area contributed by atoms with Gasteiger partial charge in [-0.25, -0.2) is 15.0 Å². The van der Waals surface area contributed by atoms with Crippen LogP contribution in [0.25, 0.3) is 66.9 Å². The minimum atomic E-state index is 0.590. The van der Waals surface area contributed by atoms with E-state index >= 15 is 0 Å². The quantitative estimate of drug-likeness (QED) is 0.252. The lowest BCUT2D eigenvalue weighted by atomic mass is 9.98. The Hall–Kier alpha value is -4.54. The van der Waals surface area contributed by atoms with Crippen molar-refractivity contribution in [2.24, 2.45) is 0 Å². The number of nitrogens with zero attached hydrogens (tertiary/aromatic N) is 3. The van der Waals surface area contributed by atoms with Gasteiger partial charge in [0, 0.05) is 27.5 Å². The fourth-order valence-corrected chi connectivity index (χ4v) is 4.95. The molecule has 0 aliphatic carbocycles. The molecule has 0 amide bonds. The monoisotopic (exact) mass is 483 g/mol. The third-order valence-electron chi connectivity index (χ3n) is 6.40. The number of hydrogen-bond donors (Lipinski definition) is 0. The van der Waals surface area contributed by atoms with Crippen LogP contribution in [0.3, 0.4) is 0 Å². The van der Waals surface area contributed by atoms with Crippen LogP contribution in [0.2, 0.25) is 5.02 Å². The van der Waals surface area contributed by atoms with Crippen LogP contribution in [0.15, 0.2) is 114 Å². The van der Waals surface area contributed by atoms with Crippen molar-refractivity contribution in [2.75, 3.05) is 0 Å². The summed E-state index contributed by atoms with van der Waals surface area (Å²) >= 11 is 6.49. The van der Waals surface area contributed by atoms with Crippen LogP contribution >= 0.6 is 11.6 Å². The first kappa shape index (κ1) is 20.8. The molecule has 170 valence electrons. The van der Waals surface area contributed by atoms with E-state index < -0.39 is 0 Å². The third-order valence-corrected chi connectivity index (χ3v) is 6.69. The van der Waals surface area contributed by atoms with Gasteiger partial charge in [0.15, 0.2) is 23.1 Å². The van der Waals surface area contributed by atoms with Crippen molar-refractivity contribution in [2.45, 2.75) is 0 Å². The van der Waals surface area contributed by atoms with Crippen LogP contribution in [-0.2, 0) is 0 Å². The first-order valence-electron chi connectivity index (χ1n) is 11.7. The summed E-state index contributed by atoms with van der Waals surface area (Å²) in [4.78, 5) is 14.7. The Bertz CT molecular complexity index is 1840. The van der Waals surface area contributed by atoms with Crippen molar-refractivity contribution in [1.82, 2.24) is 15.0 Å². The Labute approximate surface area is 211 Å². The number of hydrogen-bond acceptors (Lipinski definition) is 4. The predicted molar refractivity (Wildman–Crippen MR) is 146 cm³/mol. The van der Waals surface area contributed by atoms with Crippen LogP contribution in [0.5, 0.6) is 0 Å². The minimum absolute atomic E-state index is 0.590. The minimum Gasteiger partial charge on any atom is -0.454 e. The average molecular weight is 484 g/mol. The molecule has 0 fully saturated rings. The molecule has 0 atom stereocenters. The molecule has 7 rings (SSSR count). The van der Waals surface area contributed by atoms with Gasteiger partial charge in [-0.1, -0.05) is 109 Å². The summed E-state index contributed by atoms with van der Waals surface area (Å²) < 4.78 is 6.28. The maximum absolute atomic E-state index is 6.49. The Kier molecular flexibility index (Phi) is 4.79. The van der Waals surface area contributed by atoms with Crippen LogP contribution in [0, 0.1) is 0 Å². The van der Waals surface area contributed by atoms with E-state index in [1.54, 1.807) is 0 Å². The number of aromatic nitrogens is 3. The van der Waals surface area contributed by atoms with Crippen molar-refractivity contribution in [3.8, 4) is 34.2 Å². The van der Waals surface area contributed by atoms with Gasteiger partial charge in [-0.15, -0.1) is 0 Å². The Morgan fingerprint density at radius 3 is 1.75 bits per heavy atom. The first-order chi connectivity index (χ1) is 17.8. The molecular formula is C31H18ClN3O. The van der Waals surface area contributed by atoms with Gasteiger partial charge in [0.1, 0.15) is 5.58 Å². The average Bonchev–Trinajstić information content (AvgIpc) is 3.33. The number of para-hydroxylation sites is 1. The smallest absolute Gasteiger partial charge is 0.164 e. The second-order valence-electron chi connectivity index (χ2n) is 8.60. The second kappa shape index (κ2) is 8.29. The standard InChI is InChI=1S/C31H18ClN3O/c32-25-17-9-16-23-27-22-15-8-7-14-21(22)24(18-26(27)36-28(23)25)31-34-29(19-10-3-1-4-11-19)33-30(35-31)20-12-5-2-6-13-20/h1-18H. The zero-order chi connectivity index (χ0) is 24.1. The van der Waals surface area contributed by atoms with E-state index in [1.807, 2.05) is 97.1 Å². The molecule has 0 saturated heterocycles. The van der Waals surface area contributed by atoms with Gasteiger partial charge in [-0.05, 0) is 22.9 Å². The molecule has 0 saturated carbocycles. The zero-order valence-corrected chi connectivity index (χ0v) is 19.8. The van der Waals surface area contributed by atoms with Crippen molar-refractivity contribution in [1.29, 1.82) is 0 Å². The molecule has 0 bridgehead atoms. The predicted octanol–water partition coefficient (Wildman–Crippen LogP) is 8.58. The topological polar surface area (TPSA) is 51.8 Å². The maximum Gasteiger partial charge on any atom is 0.164 e. The summed E-state index contributed by atoms with van der Waals surface area (Å²) in [5.74, 6) is 1.83. The van der Waals surface area contributed by atoms with Gasteiger partial charge in [-0.2, -0.15) is 0 Å². The number of fused-ring (bicyclic) bond motifs is 5. The summed E-state index contributed by atoms with van der Waals surface area (Å²) in [5.41, 5.74) is 4.17. The molecule has 0 spiro atoms. The molecule has 7 aromatic rings. The van der Waals surface area contributed by atoms with E-state index in [1.165, 1.54) is 0 Å². The molecule has 0 aliphatic rings. The number of rotatable bonds is 3. The lowest BCUT2D eigenvalue weighted by Crippen LogP contribution is -2.00. The Morgan fingerprint density at radius 2 is 1.08 bits per heavy atom. The Balaban J connectivity index is 1.56. The van der Waals surface area contributed by atoms with Crippen molar-refractivity contribution in [3.05, 3.63) is 114 Å². The highest BCUT2D eigenvalue weighted by molar-refractivity contribution is 6.36. The van der Waals surface area contributed by atoms with E-state index in [-0.39, 0.29) is 0 Å². The van der Waals surface area contributed by atoms with E-state index in [2.05, 4.69) is 12.1 Å². The van der Waals surface area contributed by atoms with Gasteiger partial charge in [0.2, 0.25) is 0 Å². The van der Waals surface area contributed by atoms with E-state index in [4.69, 9.17) is 31.0 Å². The van der Waals surface area contributed by atoms with Gasteiger partial charge in [-0.3, -0.25) is 0 Å². The largest absolute Gasteiger partial charge is 0.454 e. The first-order valence-corrected chi connectivity index (χ1v) is 12.0. The number of benzene rings is 5.